The Hall–Kier alpha value is -0.996. The van der Waals surface area contributed by atoms with Gasteiger partial charge in [0.25, 0.3) is 0 Å². The molecule has 0 aromatic heterocycles. The van der Waals surface area contributed by atoms with Crippen molar-refractivity contribution >= 4 is 22.5 Å². The maximum Gasteiger partial charge on any atom is 0.220 e. The van der Waals surface area contributed by atoms with Gasteiger partial charge in [-0.2, -0.15) is 0 Å². The van der Waals surface area contributed by atoms with E-state index in [2.05, 4.69) is 110 Å². The third-order valence-electron chi connectivity index (χ3n) is 11.6. The Morgan fingerprint density at radius 1 is 0.680 bits per heavy atom. The molecule has 0 saturated carbocycles. The monoisotopic (exact) mass is 734 g/mol. The van der Waals surface area contributed by atoms with Gasteiger partial charge < -0.3 is 19.3 Å². The first-order valence-corrected chi connectivity index (χ1v) is 26.6. The van der Waals surface area contributed by atoms with Crippen LogP contribution in [0.2, 0.25) is 36.3 Å². The van der Waals surface area contributed by atoms with Crippen molar-refractivity contribution in [3.8, 4) is 0 Å². The maximum atomic E-state index is 13.4. The number of carbonyl (C=O) groups excluding carboxylic acids is 1. The van der Waals surface area contributed by atoms with E-state index in [9.17, 15) is 9.90 Å². The summed E-state index contributed by atoms with van der Waals surface area (Å²) in [6, 6.07) is 10.1. The Bertz CT molecular complexity index is 1000. The van der Waals surface area contributed by atoms with Crippen LogP contribution in [0.25, 0.3) is 0 Å². The molecule has 0 radical (unpaired) electrons. The second kappa shape index (κ2) is 24.3. The summed E-state index contributed by atoms with van der Waals surface area (Å²) in [5.74, 6) is 0.00683. The Balaban J connectivity index is 2.94. The van der Waals surface area contributed by atoms with Crippen LogP contribution in [-0.2, 0) is 20.1 Å². The molecule has 0 saturated heterocycles. The normalized spacial score (nSPS) is 14.8. The number of rotatable bonds is 28. The number of aliphatic hydroxyl groups excluding tert-OH is 1. The zero-order valence-electron chi connectivity index (χ0n) is 34.9. The van der Waals surface area contributed by atoms with Crippen molar-refractivity contribution in [2.24, 2.45) is 0 Å². The van der Waals surface area contributed by atoms with Gasteiger partial charge in [-0.05, 0) is 67.5 Å². The van der Waals surface area contributed by atoms with E-state index in [1.54, 1.807) is 0 Å². The molecular formula is C43H83NO4Si2. The SMILES string of the molecule is CCCCCCCCCCCCCC[C@@H](O[Si](C)(C)C(C)(C)C)[C@@H](O[Si](C)(C)C(C)(C)C)[C@H](CO)NC(=O)CCCCCCc1ccccc1. The maximum absolute atomic E-state index is 13.4. The summed E-state index contributed by atoms with van der Waals surface area (Å²) in [6.45, 7) is 24.9. The Morgan fingerprint density at radius 2 is 1.14 bits per heavy atom. The first kappa shape index (κ1) is 47.0. The predicted molar refractivity (Wildman–Crippen MR) is 222 cm³/mol. The van der Waals surface area contributed by atoms with Gasteiger partial charge >= 0.3 is 0 Å². The van der Waals surface area contributed by atoms with Gasteiger partial charge in [-0.1, -0.05) is 169 Å². The minimum atomic E-state index is -2.26. The molecule has 3 atom stereocenters. The van der Waals surface area contributed by atoms with Crippen molar-refractivity contribution < 1.29 is 18.8 Å². The molecule has 0 heterocycles. The van der Waals surface area contributed by atoms with Gasteiger partial charge in [0.2, 0.25) is 5.91 Å². The van der Waals surface area contributed by atoms with E-state index < -0.39 is 28.8 Å². The molecular weight excluding hydrogens is 651 g/mol. The number of hydrogen-bond acceptors (Lipinski definition) is 4. The molecule has 0 fully saturated rings. The number of aliphatic hydroxyl groups is 1. The van der Waals surface area contributed by atoms with Crippen molar-refractivity contribution in [3.63, 3.8) is 0 Å². The summed E-state index contributed by atoms with van der Waals surface area (Å²) in [7, 11) is -4.43. The minimum Gasteiger partial charge on any atom is -0.411 e. The average molecular weight is 734 g/mol. The topological polar surface area (TPSA) is 67.8 Å². The lowest BCUT2D eigenvalue weighted by Crippen LogP contribution is -2.59. The van der Waals surface area contributed by atoms with E-state index in [1.807, 2.05) is 0 Å². The van der Waals surface area contributed by atoms with Crippen LogP contribution in [0.4, 0.5) is 0 Å². The van der Waals surface area contributed by atoms with Crippen LogP contribution < -0.4 is 5.32 Å². The van der Waals surface area contributed by atoms with Gasteiger partial charge in [0.15, 0.2) is 16.6 Å². The summed E-state index contributed by atoms with van der Waals surface area (Å²) in [4.78, 5) is 13.4. The summed E-state index contributed by atoms with van der Waals surface area (Å²) in [5, 5.41) is 14.1. The standard InChI is InChI=1S/C43H83NO4Si2/c1-12-13-14-15-16-17-18-19-20-21-22-29-34-39(47-49(8,9)42(2,3)4)41(48-50(10,11)43(5,6)7)38(36-45)44-40(46)35-30-24-23-26-31-37-32-27-25-28-33-37/h25,27-28,32-33,38-39,41,45H,12-24,26,29-31,34-36H2,1-11H3,(H,44,46)/t38-,39+,41-/m0/s1. The zero-order chi connectivity index (χ0) is 37.7. The molecule has 0 aliphatic rings. The first-order valence-electron chi connectivity index (χ1n) is 20.7. The Kier molecular flexibility index (Phi) is 22.9. The summed E-state index contributed by atoms with van der Waals surface area (Å²) < 4.78 is 14.4. The summed E-state index contributed by atoms with van der Waals surface area (Å²) >= 11 is 0. The molecule has 292 valence electrons. The fourth-order valence-electron chi connectivity index (χ4n) is 6.09. The van der Waals surface area contributed by atoms with E-state index in [1.165, 1.54) is 76.2 Å². The van der Waals surface area contributed by atoms with Crippen LogP contribution in [0.1, 0.15) is 170 Å². The highest BCUT2D eigenvalue weighted by Gasteiger charge is 2.46. The van der Waals surface area contributed by atoms with E-state index in [4.69, 9.17) is 8.85 Å². The van der Waals surface area contributed by atoms with Crippen molar-refractivity contribution in [1.82, 2.24) is 5.32 Å². The number of amides is 1. The zero-order valence-corrected chi connectivity index (χ0v) is 36.9. The molecule has 0 bridgehead atoms. The lowest BCUT2D eigenvalue weighted by atomic mass is 9.99. The molecule has 7 heteroatoms. The Labute approximate surface area is 313 Å². The van der Waals surface area contributed by atoms with Crippen molar-refractivity contribution in [2.45, 2.75) is 225 Å². The van der Waals surface area contributed by atoms with Gasteiger partial charge in [0.1, 0.15) is 0 Å². The lowest BCUT2D eigenvalue weighted by molar-refractivity contribution is -0.124. The largest absolute Gasteiger partial charge is 0.411 e. The predicted octanol–water partition coefficient (Wildman–Crippen LogP) is 12.5. The van der Waals surface area contributed by atoms with Crippen LogP contribution in [-0.4, -0.2) is 52.5 Å². The van der Waals surface area contributed by atoms with Gasteiger partial charge in [-0.15, -0.1) is 0 Å². The van der Waals surface area contributed by atoms with E-state index in [0.717, 1.165) is 44.9 Å². The van der Waals surface area contributed by atoms with Crippen LogP contribution in [0, 0.1) is 0 Å². The molecule has 1 amide bonds. The average Bonchev–Trinajstić information content (AvgIpc) is 3.03. The molecule has 2 N–H and O–H groups in total. The number of unbranched alkanes of at least 4 members (excludes halogenated alkanes) is 14. The fourth-order valence-corrected chi connectivity index (χ4v) is 8.80. The van der Waals surface area contributed by atoms with Gasteiger partial charge in [0, 0.05) is 6.42 Å². The molecule has 50 heavy (non-hydrogen) atoms. The Morgan fingerprint density at radius 3 is 1.64 bits per heavy atom. The summed E-state index contributed by atoms with van der Waals surface area (Å²) in [5.41, 5.74) is 1.38. The second-order valence-electron chi connectivity index (χ2n) is 18.2. The number of aryl methyl sites for hydroxylation is 1. The fraction of sp³-hybridized carbons (Fsp3) is 0.837. The lowest BCUT2D eigenvalue weighted by Gasteiger charge is -2.47. The van der Waals surface area contributed by atoms with Crippen LogP contribution in [0.3, 0.4) is 0 Å². The van der Waals surface area contributed by atoms with Crippen LogP contribution in [0.5, 0.6) is 0 Å². The second-order valence-corrected chi connectivity index (χ2v) is 27.7. The number of nitrogens with one attached hydrogen (secondary N) is 1. The number of benzene rings is 1. The van der Waals surface area contributed by atoms with Crippen LogP contribution in [0.15, 0.2) is 30.3 Å². The highest BCUT2D eigenvalue weighted by molar-refractivity contribution is 6.74. The molecule has 0 aliphatic carbocycles. The van der Waals surface area contributed by atoms with Gasteiger partial charge in [-0.3, -0.25) is 4.79 Å². The van der Waals surface area contributed by atoms with Crippen LogP contribution >= 0.6 is 0 Å². The molecule has 1 aromatic carbocycles. The molecule has 0 spiro atoms. The van der Waals surface area contributed by atoms with E-state index in [-0.39, 0.29) is 28.7 Å². The highest BCUT2D eigenvalue weighted by Crippen LogP contribution is 2.41. The molecule has 0 aliphatic heterocycles. The first-order chi connectivity index (χ1) is 23.4. The number of hydrogen-bond donors (Lipinski definition) is 2. The van der Waals surface area contributed by atoms with Gasteiger partial charge in [0.05, 0.1) is 24.9 Å². The molecule has 5 nitrogen and oxygen atoms in total. The van der Waals surface area contributed by atoms with Crippen molar-refractivity contribution in [3.05, 3.63) is 35.9 Å². The molecule has 1 rings (SSSR count). The van der Waals surface area contributed by atoms with E-state index in [0.29, 0.717) is 6.42 Å². The molecule has 0 unspecified atom stereocenters. The van der Waals surface area contributed by atoms with E-state index >= 15 is 0 Å². The third-order valence-corrected chi connectivity index (χ3v) is 20.6. The third kappa shape index (κ3) is 19.2. The highest BCUT2D eigenvalue weighted by atomic mass is 28.4. The van der Waals surface area contributed by atoms with Gasteiger partial charge in [-0.25, -0.2) is 0 Å². The smallest absolute Gasteiger partial charge is 0.220 e. The van der Waals surface area contributed by atoms with Crippen molar-refractivity contribution in [2.75, 3.05) is 6.61 Å². The summed E-state index contributed by atoms with van der Waals surface area (Å²) in [6.07, 6.45) is 21.8. The quantitative estimate of drug-likeness (QED) is 0.0664. The minimum absolute atomic E-state index is 0.00683. The number of carbonyl (C=O) groups is 1. The van der Waals surface area contributed by atoms with Crippen molar-refractivity contribution in [1.29, 1.82) is 0 Å². The molecule has 1 aromatic rings.